The van der Waals surface area contributed by atoms with Crippen molar-refractivity contribution in [2.45, 2.75) is 65.3 Å². The Balaban J connectivity index is 1.59. The predicted octanol–water partition coefficient (Wildman–Crippen LogP) is 1.63. The summed E-state index contributed by atoms with van der Waals surface area (Å²) in [7, 11) is 0. The van der Waals surface area contributed by atoms with Crippen molar-refractivity contribution < 1.29 is 9.69 Å². The van der Waals surface area contributed by atoms with E-state index in [-0.39, 0.29) is 16.9 Å². The van der Waals surface area contributed by atoms with Gasteiger partial charge in [0, 0.05) is 5.54 Å². The van der Waals surface area contributed by atoms with E-state index in [4.69, 9.17) is 0 Å². The maximum absolute atomic E-state index is 12.6. The summed E-state index contributed by atoms with van der Waals surface area (Å²) in [4.78, 5) is 14.1. The van der Waals surface area contributed by atoms with Gasteiger partial charge in [0.1, 0.15) is 0 Å². The summed E-state index contributed by atoms with van der Waals surface area (Å²) in [6.45, 7) is 12.4. The van der Waals surface area contributed by atoms with E-state index in [1.165, 1.54) is 50.1 Å². The predicted molar refractivity (Wildman–Crippen MR) is 85.1 cm³/mol. The maximum Gasteiger partial charge on any atom is 0.275 e. The molecule has 1 aliphatic heterocycles. The molecule has 3 rings (SSSR count). The van der Waals surface area contributed by atoms with Crippen LogP contribution in [0.1, 0.15) is 59.8 Å². The highest BCUT2D eigenvalue weighted by atomic mass is 16.2. The Morgan fingerprint density at radius 3 is 2.29 bits per heavy atom. The molecule has 2 bridgehead atoms. The molecule has 3 nitrogen and oxygen atoms in total. The second-order valence-corrected chi connectivity index (χ2v) is 8.79. The van der Waals surface area contributed by atoms with Crippen molar-refractivity contribution >= 4 is 5.91 Å². The molecule has 21 heavy (non-hydrogen) atoms. The van der Waals surface area contributed by atoms with Gasteiger partial charge in [-0.25, -0.2) is 0 Å². The van der Waals surface area contributed by atoms with E-state index in [1.807, 2.05) is 0 Å². The summed E-state index contributed by atoms with van der Waals surface area (Å²) < 4.78 is 0. The summed E-state index contributed by atoms with van der Waals surface area (Å²) in [5, 5.41) is 3.48. The summed E-state index contributed by atoms with van der Waals surface area (Å²) in [5.74, 6) is 2.62. The summed E-state index contributed by atoms with van der Waals surface area (Å²) >= 11 is 0. The van der Waals surface area contributed by atoms with Gasteiger partial charge in [0.05, 0.1) is 13.1 Å². The molecule has 1 saturated heterocycles. The van der Waals surface area contributed by atoms with Crippen molar-refractivity contribution in [1.82, 2.24) is 5.32 Å². The maximum atomic E-state index is 12.6. The van der Waals surface area contributed by atoms with Crippen LogP contribution in [0.3, 0.4) is 0 Å². The highest BCUT2D eigenvalue weighted by Crippen LogP contribution is 2.61. The highest BCUT2D eigenvalue weighted by Gasteiger charge is 2.60. The minimum Gasteiger partial charge on any atom is -0.345 e. The van der Waals surface area contributed by atoms with Crippen LogP contribution in [0.5, 0.6) is 0 Å². The van der Waals surface area contributed by atoms with Gasteiger partial charge in [0.15, 0.2) is 6.54 Å². The number of carbonyl (C=O) groups excluding carboxylic acids is 1. The third kappa shape index (κ3) is 2.52. The van der Waals surface area contributed by atoms with E-state index in [0.29, 0.717) is 12.5 Å². The van der Waals surface area contributed by atoms with Crippen molar-refractivity contribution in [3.63, 3.8) is 0 Å². The number of rotatable bonds is 3. The van der Waals surface area contributed by atoms with E-state index in [1.54, 1.807) is 0 Å². The lowest BCUT2D eigenvalue weighted by Gasteiger charge is -2.48. The van der Waals surface area contributed by atoms with Gasteiger partial charge in [-0.2, -0.15) is 0 Å². The molecule has 3 fully saturated rings. The van der Waals surface area contributed by atoms with Gasteiger partial charge < -0.3 is 10.2 Å². The molecule has 3 atom stereocenters. The largest absolute Gasteiger partial charge is 0.345 e. The van der Waals surface area contributed by atoms with Gasteiger partial charge in [-0.05, 0) is 62.2 Å². The van der Waals surface area contributed by atoms with Crippen molar-refractivity contribution in [2.75, 3.05) is 19.6 Å². The van der Waals surface area contributed by atoms with Gasteiger partial charge in [0.25, 0.3) is 5.91 Å². The Morgan fingerprint density at radius 1 is 1.10 bits per heavy atom. The van der Waals surface area contributed by atoms with Gasteiger partial charge in [-0.1, -0.05) is 20.8 Å². The Morgan fingerprint density at radius 2 is 1.71 bits per heavy atom. The van der Waals surface area contributed by atoms with Crippen molar-refractivity contribution in [1.29, 1.82) is 0 Å². The zero-order valence-corrected chi connectivity index (χ0v) is 14.3. The first kappa shape index (κ1) is 15.3. The van der Waals surface area contributed by atoms with E-state index >= 15 is 0 Å². The lowest BCUT2D eigenvalue weighted by molar-refractivity contribution is -0.898. The molecular formula is C18H33N2O+. The van der Waals surface area contributed by atoms with Crippen molar-refractivity contribution in [3.05, 3.63) is 0 Å². The molecule has 0 aromatic rings. The fourth-order valence-electron chi connectivity index (χ4n) is 5.28. The van der Waals surface area contributed by atoms with Crippen LogP contribution in [0.15, 0.2) is 0 Å². The van der Waals surface area contributed by atoms with Gasteiger partial charge in [-0.3, -0.25) is 4.79 Å². The van der Waals surface area contributed by atoms with Gasteiger partial charge in [-0.15, -0.1) is 0 Å². The van der Waals surface area contributed by atoms with Crippen molar-refractivity contribution in [2.24, 2.45) is 23.2 Å². The van der Waals surface area contributed by atoms with Gasteiger partial charge >= 0.3 is 0 Å². The molecule has 2 saturated carbocycles. The Hall–Kier alpha value is -0.570. The molecule has 0 unspecified atom stereocenters. The number of nitrogens with one attached hydrogen (secondary N) is 2. The van der Waals surface area contributed by atoms with Crippen LogP contribution < -0.4 is 10.2 Å². The molecule has 2 aliphatic carbocycles. The van der Waals surface area contributed by atoms with Crippen LogP contribution in [-0.4, -0.2) is 31.1 Å². The van der Waals surface area contributed by atoms with E-state index in [2.05, 4.69) is 33.0 Å². The third-order valence-corrected chi connectivity index (χ3v) is 7.40. The zero-order valence-electron chi connectivity index (χ0n) is 14.3. The van der Waals surface area contributed by atoms with E-state index in [9.17, 15) is 4.79 Å². The lowest BCUT2D eigenvalue weighted by atomic mass is 9.64. The molecule has 0 radical (unpaired) electrons. The average Bonchev–Trinajstić information content (AvgIpc) is 2.96. The number of likely N-dealkylation sites (tertiary alicyclic amines) is 1. The van der Waals surface area contributed by atoms with E-state index in [0.717, 1.165) is 11.8 Å². The van der Waals surface area contributed by atoms with Crippen LogP contribution >= 0.6 is 0 Å². The number of amides is 1. The Labute approximate surface area is 129 Å². The fraction of sp³-hybridized carbons (Fsp3) is 0.944. The zero-order chi connectivity index (χ0) is 15.3. The number of piperidine rings is 1. The molecule has 0 aromatic heterocycles. The van der Waals surface area contributed by atoms with Crippen molar-refractivity contribution in [3.8, 4) is 0 Å². The topological polar surface area (TPSA) is 33.5 Å². The Kier molecular flexibility index (Phi) is 3.84. The summed E-state index contributed by atoms with van der Waals surface area (Å²) in [6.07, 6.45) is 6.53. The monoisotopic (exact) mass is 293 g/mol. The minimum absolute atomic E-state index is 0.00944. The van der Waals surface area contributed by atoms with Crippen LogP contribution in [-0.2, 0) is 4.79 Å². The Bertz CT molecular complexity index is 411. The second-order valence-electron chi connectivity index (χ2n) is 8.79. The van der Waals surface area contributed by atoms with Crippen LogP contribution in [0.2, 0.25) is 0 Å². The highest BCUT2D eigenvalue weighted by molar-refractivity contribution is 5.78. The average molecular weight is 293 g/mol. The number of fused-ring (bicyclic) bond motifs is 2. The van der Waals surface area contributed by atoms with E-state index < -0.39 is 0 Å². The number of quaternary nitrogens is 1. The molecule has 1 heterocycles. The number of carbonyl (C=O) groups is 1. The van der Waals surface area contributed by atoms with Crippen LogP contribution in [0.4, 0.5) is 0 Å². The number of hydrogen-bond donors (Lipinski definition) is 2. The molecule has 1 amide bonds. The molecule has 0 spiro atoms. The fourth-order valence-corrected chi connectivity index (χ4v) is 5.28. The molecule has 3 heteroatoms. The first-order valence-electron chi connectivity index (χ1n) is 8.97. The van der Waals surface area contributed by atoms with Crippen LogP contribution in [0.25, 0.3) is 0 Å². The molecule has 3 aliphatic rings. The van der Waals surface area contributed by atoms with Gasteiger partial charge in [0.2, 0.25) is 0 Å². The molecular weight excluding hydrogens is 260 g/mol. The standard InChI is InChI=1S/C18H32N2O/c1-13-7-9-20(10-8-13)12-16(21)19-18(4)15-6-5-14(11-15)17(18,2)3/h13-15H,5-12H2,1-4H3,(H,19,21)/p+1/t14-,15+,18-/m0/s1. The summed E-state index contributed by atoms with van der Waals surface area (Å²) in [5.41, 5.74) is 0.257. The first-order chi connectivity index (χ1) is 9.83. The quantitative estimate of drug-likeness (QED) is 0.815. The molecule has 2 N–H and O–H groups in total. The SMILES string of the molecule is CC1CC[NH+](CC(=O)N[C@@]2(C)[C@@H]3CC[C@@H](C3)C2(C)C)CC1. The minimum atomic E-state index is 0.00944. The summed E-state index contributed by atoms with van der Waals surface area (Å²) in [6, 6.07) is 0. The number of hydrogen-bond acceptors (Lipinski definition) is 1. The van der Waals surface area contributed by atoms with Crippen LogP contribution in [0, 0.1) is 23.2 Å². The molecule has 0 aromatic carbocycles. The first-order valence-corrected chi connectivity index (χ1v) is 8.97. The lowest BCUT2D eigenvalue weighted by Crippen LogP contribution is -3.14. The third-order valence-electron chi connectivity index (χ3n) is 7.40. The normalized spacial score (nSPS) is 44.8. The smallest absolute Gasteiger partial charge is 0.275 e. The second kappa shape index (κ2) is 5.26. The molecule has 120 valence electrons.